The number of aliphatic hydroxyl groups is 1. The van der Waals surface area contributed by atoms with Gasteiger partial charge in [-0.05, 0) is 30.2 Å². The second kappa shape index (κ2) is 9.95. The van der Waals surface area contributed by atoms with Crippen LogP contribution in [0.3, 0.4) is 0 Å². The molecule has 32 heavy (non-hydrogen) atoms. The van der Waals surface area contributed by atoms with Crippen molar-refractivity contribution in [1.82, 2.24) is 14.7 Å². The van der Waals surface area contributed by atoms with E-state index in [1.807, 2.05) is 72.2 Å². The van der Waals surface area contributed by atoms with Crippen molar-refractivity contribution in [2.75, 3.05) is 13.2 Å². The molecular formula is C24H26N4O3S. The molecule has 1 amide bonds. The lowest BCUT2D eigenvalue weighted by Crippen LogP contribution is -2.19. The Kier molecular flexibility index (Phi) is 6.84. The molecule has 0 saturated carbocycles. The third-order valence-electron chi connectivity index (χ3n) is 5.18. The Morgan fingerprint density at radius 2 is 2.09 bits per heavy atom. The first kappa shape index (κ1) is 22.0. The van der Waals surface area contributed by atoms with Crippen LogP contribution in [0.4, 0.5) is 0 Å². The predicted molar refractivity (Wildman–Crippen MR) is 126 cm³/mol. The molecular weight excluding hydrogens is 424 g/mol. The fraction of sp³-hybridized carbons (Fsp3) is 0.250. The standard InChI is InChI=1S/C24H26N4O3S/c1-16(18-7-3-2-6-17(18)14-26-9-11-29)31-20-12-21(32-22(20)13-23(25)30)19-15-27-24-8-4-5-10-28(19)24/h2-8,10,12,15-16,26,29H,9,11,13-14H2,1H3,(H2,25,30)/t16-/m1/s1. The lowest BCUT2D eigenvalue weighted by molar-refractivity contribution is -0.117. The van der Waals surface area contributed by atoms with Crippen molar-refractivity contribution in [3.63, 3.8) is 0 Å². The van der Waals surface area contributed by atoms with Crippen LogP contribution in [-0.4, -0.2) is 33.6 Å². The highest BCUT2D eigenvalue weighted by Gasteiger charge is 2.20. The molecule has 4 rings (SSSR count). The number of aliphatic hydroxyl groups excluding tert-OH is 1. The maximum absolute atomic E-state index is 11.7. The Morgan fingerprint density at radius 3 is 2.91 bits per heavy atom. The quantitative estimate of drug-likeness (QED) is 0.322. The molecule has 8 heteroatoms. The summed E-state index contributed by atoms with van der Waals surface area (Å²) in [5.41, 5.74) is 9.45. The molecule has 7 nitrogen and oxygen atoms in total. The van der Waals surface area contributed by atoms with Gasteiger partial charge in [0.25, 0.3) is 0 Å². The van der Waals surface area contributed by atoms with Crippen molar-refractivity contribution < 1.29 is 14.6 Å². The number of imidazole rings is 1. The lowest BCUT2D eigenvalue weighted by Gasteiger charge is -2.19. The molecule has 166 valence electrons. The lowest BCUT2D eigenvalue weighted by atomic mass is 10.0. The summed E-state index contributed by atoms with van der Waals surface area (Å²) >= 11 is 1.49. The smallest absolute Gasteiger partial charge is 0.222 e. The van der Waals surface area contributed by atoms with Gasteiger partial charge in [-0.2, -0.15) is 0 Å². The maximum Gasteiger partial charge on any atom is 0.222 e. The van der Waals surface area contributed by atoms with E-state index in [0.717, 1.165) is 32.2 Å². The van der Waals surface area contributed by atoms with Gasteiger partial charge in [-0.25, -0.2) is 4.98 Å². The highest BCUT2D eigenvalue weighted by atomic mass is 32.1. The van der Waals surface area contributed by atoms with Crippen LogP contribution in [0.1, 0.15) is 29.0 Å². The van der Waals surface area contributed by atoms with Gasteiger partial charge in [0, 0.05) is 25.4 Å². The summed E-state index contributed by atoms with van der Waals surface area (Å²) in [7, 11) is 0. The van der Waals surface area contributed by atoms with E-state index >= 15 is 0 Å². The summed E-state index contributed by atoms with van der Waals surface area (Å²) in [4.78, 5) is 17.9. The number of benzene rings is 1. The third-order valence-corrected chi connectivity index (χ3v) is 6.31. The number of hydrogen-bond donors (Lipinski definition) is 3. The Labute approximate surface area is 190 Å². The van der Waals surface area contributed by atoms with Gasteiger partial charge in [0.05, 0.1) is 34.7 Å². The van der Waals surface area contributed by atoms with E-state index in [-0.39, 0.29) is 19.1 Å². The van der Waals surface area contributed by atoms with Crippen LogP contribution < -0.4 is 15.8 Å². The van der Waals surface area contributed by atoms with Crippen LogP contribution in [0.5, 0.6) is 5.75 Å². The molecule has 3 aromatic heterocycles. The molecule has 4 N–H and O–H groups in total. The minimum atomic E-state index is -0.400. The zero-order chi connectivity index (χ0) is 22.5. The number of rotatable bonds is 10. The van der Waals surface area contributed by atoms with Gasteiger partial charge in [0.2, 0.25) is 5.91 Å². The largest absolute Gasteiger partial charge is 0.485 e. The molecule has 0 bridgehead atoms. The van der Waals surface area contributed by atoms with Crippen molar-refractivity contribution in [1.29, 1.82) is 0 Å². The predicted octanol–water partition coefficient (Wildman–Crippen LogP) is 3.31. The van der Waals surface area contributed by atoms with E-state index in [9.17, 15) is 4.79 Å². The summed E-state index contributed by atoms with van der Waals surface area (Å²) in [5, 5.41) is 12.3. The van der Waals surface area contributed by atoms with E-state index in [1.54, 1.807) is 0 Å². The number of pyridine rings is 1. The molecule has 0 unspecified atom stereocenters. The van der Waals surface area contributed by atoms with Gasteiger partial charge >= 0.3 is 0 Å². The van der Waals surface area contributed by atoms with E-state index in [4.69, 9.17) is 15.6 Å². The van der Waals surface area contributed by atoms with Crippen molar-refractivity contribution in [3.05, 3.63) is 76.9 Å². The summed E-state index contributed by atoms with van der Waals surface area (Å²) in [6.07, 6.45) is 3.66. The Hall–Kier alpha value is -3.20. The summed E-state index contributed by atoms with van der Waals surface area (Å²) in [6.45, 7) is 3.24. The van der Waals surface area contributed by atoms with Crippen LogP contribution in [0.15, 0.2) is 60.9 Å². The molecule has 0 aliphatic heterocycles. The van der Waals surface area contributed by atoms with Crippen LogP contribution in [0.2, 0.25) is 0 Å². The molecule has 3 heterocycles. The minimum Gasteiger partial charge on any atom is -0.485 e. The number of aromatic nitrogens is 2. The number of primary amides is 1. The van der Waals surface area contributed by atoms with E-state index in [1.165, 1.54) is 11.3 Å². The van der Waals surface area contributed by atoms with Gasteiger partial charge in [0.1, 0.15) is 17.5 Å². The van der Waals surface area contributed by atoms with E-state index < -0.39 is 5.91 Å². The average molecular weight is 451 g/mol. The Morgan fingerprint density at radius 1 is 1.28 bits per heavy atom. The number of nitrogens with zero attached hydrogens (tertiary/aromatic N) is 2. The fourth-order valence-corrected chi connectivity index (χ4v) is 4.79. The number of hydrogen-bond acceptors (Lipinski definition) is 6. The van der Waals surface area contributed by atoms with Crippen molar-refractivity contribution >= 4 is 22.9 Å². The van der Waals surface area contributed by atoms with Crippen LogP contribution in [0.25, 0.3) is 16.2 Å². The maximum atomic E-state index is 11.7. The number of carbonyl (C=O) groups excluding carboxylic acids is 1. The number of amides is 1. The molecule has 0 radical (unpaired) electrons. The number of fused-ring (bicyclic) bond motifs is 1. The number of nitrogens with one attached hydrogen (secondary N) is 1. The van der Waals surface area contributed by atoms with Crippen LogP contribution in [-0.2, 0) is 17.8 Å². The normalized spacial score (nSPS) is 12.2. The second-order valence-electron chi connectivity index (χ2n) is 7.47. The summed E-state index contributed by atoms with van der Waals surface area (Å²) in [5.74, 6) is 0.253. The summed E-state index contributed by atoms with van der Waals surface area (Å²) < 4.78 is 8.38. The minimum absolute atomic E-state index is 0.0889. The van der Waals surface area contributed by atoms with Gasteiger partial charge in [-0.1, -0.05) is 30.3 Å². The van der Waals surface area contributed by atoms with Crippen molar-refractivity contribution in [3.8, 4) is 16.3 Å². The Balaban J connectivity index is 1.64. The third kappa shape index (κ3) is 4.83. The van der Waals surface area contributed by atoms with Gasteiger partial charge < -0.3 is 20.9 Å². The SMILES string of the molecule is C[C@@H](Oc1cc(-c2cnc3ccccn23)sc1CC(N)=O)c1ccccc1CNCCO. The first-order valence-corrected chi connectivity index (χ1v) is 11.3. The zero-order valence-electron chi connectivity index (χ0n) is 17.8. The van der Waals surface area contributed by atoms with E-state index in [0.29, 0.717) is 18.8 Å². The van der Waals surface area contributed by atoms with Crippen LogP contribution >= 0.6 is 11.3 Å². The molecule has 0 spiro atoms. The molecule has 1 aromatic carbocycles. The molecule has 4 aromatic rings. The first-order valence-electron chi connectivity index (χ1n) is 10.5. The Bertz CT molecular complexity index is 1220. The van der Waals surface area contributed by atoms with Crippen molar-refractivity contribution in [2.24, 2.45) is 5.73 Å². The highest BCUT2D eigenvalue weighted by molar-refractivity contribution is 7.15. The molecule has 0 saturated heterocycles. The van der Waals surface area contributed by atoms with Gasteiger partial charge in [-0.3, -0.25) is 9.20 Å². The van der Waals surface area contributed by atoms with Gasteiger partial charge in [0.15, 0.2) is 0 Å². The fourth-order valence-electron chi connectivity index (χ4n) is 3.68. The zero-order valence-corrected chi connectivity index (χ0v) is 18.6. The molecule has 0 fully saturated rings. The molecule has 0 aliphatic rings. The first-order chi connectivity index (χ1) is 15.6. The topological polar surface area (TPSA) is 102 Å². The number of thiophene rings is 1. The molecule has 0 aliphatic carbocycles. The number of nitrogens with two attached hydrogens (primary N) is 1. The average Bonchev–Trinajstić information content (AvgIpc) is 3.38. The highest BCUT2D eigenvalue weighted by Crippen LogP contribution is 2.39. The monoisotopic (exact) mass is 450 g/mol. The molecule has 1 atom stereocenters. The van der Waals surface area contributed by atoms with E-state index in [2.05, 4.69) is 10.3 Å². The van der Waals surface area contributed by atoms with Crippen molar-refractivity contribution in [2.45, 2.75) is 26.0 Å². The van der Waals surface area contributed by atoms with Crippen LogP contribution in [0, 0.1) is 0 Å². The number of carbonyl (C=O) groups is 1. The summed E-state index contributed by atoms with van der Waals surface area (Å²) in [6, 6.07) is 15.9. The number of ether oxygens (including phenoxy) is 1. The van der Waals surface area contributed by atoms with Gasteiger partial charge in [-0.15, -0.1) is 11.3 Å². The second-order valence-corrected chi connectivity index (χ2v) is 8.61.